The highest BCUT2D eigenvalue weighted by Gasteiger charge is 2.26. The van der Waals surface area contributed by atoms with Crippen LogP contribution in [0.5, 0.6) is 0 Å². The smallest absolute Gasteiger partial charge is 0.356 e. The Morgan fingerprint density at radius 1 is 1.11 bits per heavy atom. The van der Waals surface area contributed by atoms with E-state index in [4.69, 9.17) is 5.11 Å². The second kappa shape index (κ2) is 5.42. The van der Waals surface area contributed by atoms with Crippen LogP contribution in [0.15, 0.2) is 12.4 Å². The lowest BCUT2D eigenvalue weighted by Crippen LogP contribution is -2.48. The molecule has 0 bridgehead atoms. The fraction of sp³-hybridized carbons (Fsp3) is 0.364. The normalized spacial score (nSPS) is 15.2. The van der Waals surface area contributed by atoms with Gasteiger partial charge in [0.2, 0.25) is 6.41 Å². The van der Waals surface area contributed by atoms with Crippen LogP contribution in [0.4, 0.5) is 0 Å². The minimum absolute atomic E-state index is 0.172. The van der Waals surface area contributed by atoms with Crippen molar-refractivity contribution in [2.75, 3.05) is 26.2 Å². The predicted molar refractivity (Wildman–Crippen MR) is 62.5 cm³/mol. The highest BCUT2D eigenvalue weighted by molar-refractivity contribution is 6.02. The molecule has 1 saturated heterocycles. The van der Waals surface area contributed by atoms with Crippen LogP contribution in [0.1, 0.15) is 21.0 Å². The lowest BCUT2D eigenvalue weighted by Gasteiger charge is -2.32. The van der Waals surface area contributed by atoms with Crippen molar-refractivity contribution in [1.29, 1.82) is 0 Å². The fourth-order valence-electron chi connectivity index (χ4n) is 1.83. The molecule has 8 nitrogen and oxygen atoms in total. The maximum absolute atomic E-state index is 12.2. The molecule has 0 aliphatic carbocycles. The predicted octanol–water partition coefficient (Wildman–Crippen LogP) is -0.911. The third kappa shape index (κ3) is 2.67. The van der Waals surface area contributed by atoms with E-state index in [1.54, 1.807) is 4.90 Å². The van der Waals surface area contributed by atoms with Crippen LogP contribution < -0.4 is 0 Å². The molecule has 0 atom stereocenters. The van der Waals surface area contributed by atoms with E-state index in [-0.39, 0.29) is 11.4 Å². The van der Waals surface area contributed by atoms with Crippen molar-refractivity contribution in [2.24, 2.45) is 0 Å². The summed E-state index contributed by atoms with van der Waals surface area (Å²) >= 11 is 0. The van der Waals surface area contributed by atoms with Gasteiger partial charge in [-0.1, -0.05) is 0 Å². The molecule has 1 N–H and O–H groups in total. The number of carboxylic acid groups (broad SMARTS) is 1. The van der Waals surface area contributed by atoms with Gasteiger partial charge in [-0.25, -0.2) is 14.8 Å². The maximum atomic E-state index is 12.2. The summed E-state index contributed by atoms with van der Waals surface area (Å²) in [6, 6.07) is 0. The second-order valence-electron chi connectivity index (χ2n) is 3.99. The zero-order valence-electron chi connectivity index (χ0n) is 10.0. The Labute approximate surface area is 108 Å². The number of rotatable bonds is 3. The monoisotopic (exact) mass is 264 g/mol. The standard InChI is InChI=1S/C11H12N4O4/c16-7-14-3-5-15(6-4-14)10(17)8-9(11(18)19)13-2-1-12-8/h1-2,7H,3-6H2,(H,18,19). The molecule has 2 amide bonds. The van der Waals surface area contributed by atoms with Crippen LogP contribution in [0.2, 0.25) is 0 Å². The van der Waals surface area contributed by atoms with Gasteiger partial charge >= 0.3 is 5.97 Å². The highest BCUT2D eigenvalue weighted by Crippen LogP contribution is 2.09. The van der Waals surface area contributed by atoms with Gasteiger partial charge in [0.1, 0.15) is 0 Å². The number of aromatic carboxylic acids is 1. The molecule has 1 aromatic heterocycles. The molecule has 0 saturated carbocycles. The number of carbonyl (C=O) groups excluding carboxylic acids is 2. The molecular formula is C11H12N4O4. The summed E-state index contributed by atoms with van der Waals surface area (Å²) in [6.07, 6.45) is 3.23. The second-order valence-corrected chi connectivity index (χ2v) is 3.99. The minimum Gasteiger partial charge on any atom is -0.476 e. The molecular weight excluding hydrogens is 252 g/mol. The Bertz CT molecular complexity index is 511. The lowest BCUT2D eigenvalue weighted by molar-refractivity contribution is -0.119. The Kier molecular flexibility index (Phi) is 3.69. The van der Waals surface area contributed by atoms with Gasteiger partial charge < -0.3 is 14.9 Å². The van der Waals surface area contributed by atoms with Gasteiger partial charge in [0, 0.05) is 38.6 Å². The number of carbonyl (C=O) groups is 3. The van der Waals surface area contributed by atoms with Crippen LogP contribution in [0.25, 0.3) is 0 Å². The molecule has 19 heavy (non-hydrogen) atoms. The third-order valence-electron chi connectivity index (χ3n) is 2.85. The number of carboxylic acids is 1. The summed E-state index contributed by atoms with van der Waals surface area (Å²) in [6.45, 7) is 1.57. The Morgan fingerprint density at radius 2 is 1.68 bits per heavy atom. The Hall–Kier alpha value is -2.51. The number of piperazine rings is 1. The van der Waals surface area contributed by atoms with Gasteiger partial charge in [0.25, 0.3) is 5.91 Å². The number of amides is 2. The summed E-state index contributed by atoms with van der Waals surface area (Å²) in [5.74, 6) is -1.76. The first-order chi connectivity index (χ1) is 9.13. The summed E-state index contributed by atoms with van der Waals surface area (Å²) < 4.78 is 0. The van der Waals surface area contributed by atoms with Crippen LogP contribution in [-0.4, -0.2) is 69.3 Å². The molecule has 1 aromatic rings. The Balaban J connectivity index is 2.17. The van der Waals surface area contributed by atoms with E-state index < -0.39 is 11.9 Å². The van der Waals surface area contributed by atoms with Crippen molar-refractivity contribution in [3.05, 3.63) is 23.8 Å². The first-order valence-electron chi connectivity index (χ1n) is 5.66. The van der Waals surface area contributed by atoms with Crippen LogP contribution in [0.3, 0.4) is 0 Å². The van der Waals surface area contributed by atoms with Gasteiger partial charge in [-0.3, -0.25) is 9.59 Å². The third-order valence-corrected chi connectivity index (χ3v) is 2.85. The molecule has 2 rings (SSSR count). The molecule has 1 aliphatic heterocycles. The van der Waals surface area contributed by atoms with Crippen LogP contribution in [0, 0.1) is 0 Å². The largest absolute Gasteiger partial charge is 0.476 e. The highest BCUT2D eigenvalue weighted by atomic mass is 16.4. The topological polar surface area (TPSA) is 104 Å². The molecule has 0 unspecified atom stereocenters. The Morgan fingerprint density at radius 3 is 2.21 bits per heavy atom. The van der Waals surface area contributed by atoms with E-state index in [0.29, 0.717) is 26.2 Å². The summed E-state index contributed by atoms with van der Waals surface area (Å²) in [4.78, 5) is 44.2. The van der Waals surface area contributed by atoms with Crippen LogP contribution in [-0.2, 0) is 4.79 Å². The molecule has 2 heterocycles. The average molecular weight is 264 g/mol. The zero-order chi connectivity index (χ0) is 13.8. The molecule has 0 radical (unpaired) electrons. The van der Waals surface area contributed by atoms with E-state index in [2.05, 4.69) is 9.97 Å². The molecule has 1 fully saturated rings. The summed E-state index contributed by atoms with van der Waals surface area (Å²) in [5.41, 5.74) is -0.528. The van der Waals surface area contributed by atoms with E-state index >= 15 is 0 Å². The van der Waals surface area contributed by atoms with Crippen molar-refractivity contribution >= 4 is 18.3 Å². The summed E-state index contributed by atoms with van der Waals surface area (Å²) in [7, 11) is 0. The lowest BCUT2D eigenvalue weighted by atomic mass is 10.2. The number of aromatic nitrogens is 2. The maximum Gasteiger partial charge on any atom is 0.356 e. The molecule has 100 valence electrons. The van der Waals surface area contributed by atoms with Crippen molar-refractivity contribution < 1.29 is 19.5 Å². The fourth-order valence-corrected chi connectivity index (χ4v) is 1.83. The molecule has 0 aromatic carbocycles. The van der Waals surface area contributed by atoms with E-state index in [1.807, 2.05) is 0 Å². The number of hydrogen-bond donors (Lipinski definition) is 1. The van der Waals surface area contributed by atoms with Crippen molar-refractivity contribution in [3.8, 4) is 0 Å². The van der Waals surface area contributed by atoms with Gasteiger partial charge in [-0.2, -0.15) is 0 Å². The van der Waals surface area contributed by atoms with Crippen LogP contribution >= 0.6 is 0 Å². The SMILES string of the molecule is O=CN1CCN(C(=O)c2nccnc2C(=O)O)CC1. The van der Waals surface area contributed by atoms with Gasteiger partial charge in [0.05, 0.1) is 0 Å². The summed E-state index contributed by atoms with van der Waals surface area (Å²) in [5, 5.41) is 8.97. The first-order valence-corrected chi connectivity index (χ1v) is 5.66. The van der Waals surface area contributed by atoms with Crippen molar-refractivity contribution in [3.63, 3.8) is 0 Å². The molecule has 1 aliphatic rings. The van der Waals surface area contributed by atoms with E-state index in [0.717, 1.165) is 6.41 Å². The molecule has 0 spiro atoms. The number of hydrogen-bond acceptors (Lipinski definition) is 5. The number of nitrogens with zero attached hydrogens (tertiary/aromatic N) is 4. The van der Waals surface area contributed by atoms with Crippen molar-refractivity contribution in [1.82, 2.24) is 19.8 Å². The van der Waals surface area contributed by atoms with E-state index in [1.165, 1.54) is 17.3 Å². The van der Waals surface area contributed by atoms with Crippen molar-refractivity contribution in [2.45, 2.75) is 0 Å². The van der Waals surface area contributed by atoms with E-state index in [9.17, 15) is 14.4 Å². The zero-order valence-corrected chi connectivity index (χ0v) is 10.0. The minimum atomic E-state index is -1.29. The van der Waals surface area contributed by atoms with Gasteiger partial charge in [0.15, 0.2) is 11.4 Å². The van der Waals surface area contributed by atoms with Gasteiger partial charge in [-0.15, -0.1) is 0 Å². The van der Waals surface area contributed by atoms with Gasteiger partial charge in [-0.05, 0) is 0 Å². The molecule has 8 heteroatoms. The average Bonchev–Trinajstić information content (AvgIpc) is 2.46. The first kappa shape index (κ1) is 12.9. The quantitative estimate of drug-likeness (QED) is 0.709.